The first-order valence-corrected chi connectivity index (χ1v) is 7.30. The van der Waals surface area contributed by atoms with Crippen molar-refractivity contribution < 1.29 is 23.9 Å². The molecule has 0 saturated carbocycles. The van der Waals surface area contributed by atoms with Crippen molar-refractivity contribution in [2.75, 3.05) is 14.2 Å². The van der Waals surface area contributed by atoms with Crippen LogP contribution < -0.4 is 9.47 Å². The van der Waals surface area contributed by atoms with Gasteiger partial charge in [0, 0.05) is 11.6 Å². The maximum Gasteiger partial charge on any atom is 0.325 e. The number of Topliss-reactive ketones (excluding diaryl/α,β-unsaturated/α-hetero) is 1. The molecule has 1 aromatic rings. The Balaban J connectivity index is 2.25. The number of carbonyl (C=O) groups is 2. The van der Waals surface area contributed by atoms with Crippen LogP contribution in [0.4, 0.5) is 0 Å². The first-order chi connectivity index (χ1) is 11.1. The van der Waals surface area contributed by atoms with Gasteiger partial charge in [-0.15, -0.1) is 0 Å². The molecular formula is C16H19N3O4. The number of hydrogen-bond donors (Lipinski definition) is 0. The summed E-state index contributed by atoms with van der Waals surface area (Å²) in [5.41, 5.74) is 9.33. The van der Waals surface area contributed by atoms with Gasteiger partial charge in [-0.1, -0.05) is 6.92 Å². The number of hydrogen-bond acceptors (Lipinski definition) is 4. The highest BCUT2D eigenvalue weighted by Gasteiger charge is 2.50. The molecule has 1 saturated heterocycles. The Labute approximate surface area is 134 Å². The molecule has 0 radical (unpaired) electrons. The molecule has 0 unspecified atom stereocenters. The van der Waals surface area contributed by atoms with Crippen LogP contribution in [-0.4, -0.2) is 47.9 Å². The number of likely N-dealkylation sites (tertiary alicyclic amines) is 1. The van der Waals surface area contributed by atoms with Crippen molar-refractivity contribution in [1.29, 1.82) is 0 Å². The second kappa shape index (κ2) is 7.07. The van der Waals surface area contributed by atoms with E-state index in [1.807, 2.05) is 6.92 Å². The molecule has 1 fully saturated rings. The molecule has 0 aromatic heterocycles. The molecule has 0 N–H and O–H groups in total. The Bertz CT molecular complexity index is 667. The lowest BCUT2D eigenvalue weighted by atomic mass is 9.82. The van der Waals surface area contributed by atoms with Crippen LogP contribution in [0, 0.1) is 5.92 Å². The Kier molecular flexibility index (Phi) is 5.13. The highest BCUT2D eigenvalue weighted by atomic mass is 16.5. The van der Waals surface area contributed by atoms with Crippen LogP contribution in [0.3, 0.4) is 0 Å². The smallest absolute Gasteiger partial charge is 0.325 e. The van der Waals surface area contributed by atoms with Crippen molar-refractivity contribution in [3.63, 3.8) is 0 Å². The van der Waals surface area contributed by atoms with E-state index in [9.17, 15) is 9.59 Å². The zero-order valence-corrected chi connectivity index (χ0v) is 13.4. The van der Waals surface area contributed by atoms with Crippen molar-refractivity contribution in [3.05, 3.63) is 29.3 Å². The van der Waals surface area contributed by atoms with E-state index in [1.165, 1.54) is 12.0 Å². The van der Waals surface area contributed by atoms with Crippen LogP contribution in [0.25, 0.3) is 5.53 Å². The number of methoxy groups -OCH3 is 2. The fourth-order valence-corrected chi connectivity index (χ4v) is 2.85. The van der Waals surface area contributed by atoms with E-state index in [4.69, 9.17) is 15.0 Å². The zero-order chi connectivity index (χ0) is 17.0. The third-order valence-corrected chi connectivity index (χ3v) is 4.07. The highest BCUT2D eigenvalue weighted by molar-refractivity contribution is 6.30. The average molecular weight is 317 g/mol. The second-order valence-corrected chi connectivity index (χ2v) is 5.25. The van der Waals surface area contributed by atoms with Gasteiger partial charge in [-0.3, -0.25) is 9.59 Å². The molecule has 1 heterocycles. The second-order valence-electron chi connectivity index (χ2n) is 5.25. The molecule has 0 aliphatic carbocycles. The molecule has 2 rings (SSSR count). The Morgan fingerprint density at radius 3 is 2.70 bits per heavy atom. The Morgan fingerprint density at radius 1 is 1.39 bits per heavy atom. The van der Waals surface area contributed by atoms with Gasteiger partial charge in [0.1, 0.15) is 17.5 Å². The number of carbonyl (C=O) groups excluding carboxylic acids is 2. The molecule has 1 amide bonds. The minimum Gasteiger partial charge on any atom is -0.497 e. The molecule has 0 bridgehead atoms. The number of nitrogens with zero attached hydrogens (tertiary/aromatic N) is 3. The summed E-state index contributed by atoms with van der Waals surface area (Å²) in [5, 5.41) is 0. The van der Waals surface area contributed by atoms with Crippen molar-refractivity contribution in [2.45, 2.75) is 25.9 Å². The summed E-state index contributed by atoms with van der Waals surface area (Å²) in [7, 11) is 3.09. The molecule has 122 valence electrons. The van der Waals surface area contributed by atoms with Crippen LogP contribution in [-0.2, 0) is 16.1 Å². The highest BCUT2D eigenvalue weighted by Crippen LogP contribution is 2.34. The molecule has 7 nitrogen and oxygen atoms in total. The van der Waals surface area contributed by atoms with Gasteiger partial charge in [-0.25, -0.2) is 0 Å². The predicted octanol–water partition coefficient (Wildman–Crippen LogP) is 1.31. The maximum absolute atomic E-state index is 12.2. The maximum atomic E-state index is 12.2. The monoisotopic (exact) mass is 317 g/mol. The van der Waals surface area contributed by atoms with E-state index in [-0.39, 0.29) is 24.2 Å². The van der Waals surface area contributed by atoms with Gasteiger partial charge in [0.15, 0.2) is 0 Å². The predicted molar refractivity (Wildman–Crippen MR) is 82.4 cm³/mol. The summed E-state index contributed by atoms with van der Waals surface area (Å²) in [6.45, 7) is 2.10. The number of ether oxygens (including phenoxy) is 2. The van der Waals surface area contributed by atoms with Gasteiger partial charge >= 0.3 is 6.21 Å². The quantitative estimate of drug-likeness (QED) is 0.328. The van der Waals surface area contributed by atoms with E-state index in [1.54, 1.807) is 25.3 Å². The number of rotatable bonds is 7. The van der Waals surface area contributed by atoms with E-state index >= 15 is 0 Å². The van der Waals surface area contributed by atoms with E-state index in [2.05, 4.69) is 4.79 Å². The minimum absolute atomic E-state index is 0.0879. The molecule has 7 heteroatoms. The number of ketones is 1. The van der Waals surface area contributed by atoms with Crippen molar-refractivity contribution in [2.24, 2.45) is 5.92 Å². The zero-order valence-electron chi connectivity index (χ0n) is 13.4. The summed E-state index contributed by atoms with van der Waals surface area (Å²) >= 11 is 0. The molecular weight excluding hydrogens is 298 g/mol. The lowest BCUT2D eigenvalue weighted by Gasteiger charge is -2.45. The Hall–Kier alpha value is -2.66. The summed E-state index contributed by atoms with van der Waals surface area (Å²) in [5.74, 6) is 0.386. The van der Waals surface area contributed by atoms with Crippen molar-refractivity contribution >= 4 is 17.9 Å². The van der Waals surface area contributed by atoms with Gasteiger partial charge < -0.3 is 19.9 Å². The first-order valence-electron chi connectivity index (χ1n) is 7.30. The third kappa shape index (κ3) is 3.10. The van der Waals surface area contributed by atoms with Crippen molar-refractivity contribution in [1.82, 2.24) is 4.90 Å². The first kappa shape index (κ1) is 16.7. The topological polar surface area (TPSA) is 92.2 Å². The molecule has 1 aromatic carbocycles. The van der Waals surface area contributed by atoms with E-state index in [0.29, 0.717) is 17.9 Å². The van der Waals surface area contributed by atoms with Gasteiger partial charge in [0.2, 0.25) is 5.91 Å². The Morgan fingerprint density at radius 2 is 2.13 bits per heavy atom. The third-order valence-electron chi connectivity index (χ3n) is 4.07. The SMILES string of the molecule is CC[C@@H]1C(=O)N(Cc2ccc(OC)cc2OC)[C@H]1C(=O)C=[N+]=[N-]. The molecule has 0 spiro atoms. The average Bonchev–Trinajstić information content (AvgIpc) is 2.57. The summed E-state index contributed by atoms with van der Waals surface area (Å²) in [4.78, 5) is 28.5. The standard InChI is InChI=1S/C16H19N3O4/c1-4-12-15(13(20)8-18-17)19(16(12)21)9-10-5-6-11(22-2)7-14(10)23-3/h5-8,12,15H,4,9H2,1-3H3/t12-,15+/m0/s1. The van der Waals surface area contributed by atoms with Gasteiger partial charge in [0.25, 0.3) is 5.78 Å². The molecule has 2 atom stereocenters. The largest absolute Gasteiger partial charge is 0.497 e. The number of benzene rings is 1. The molecule has 23 heavy (non-hydrogen) atoms. The van der Waals surface area contributed by atoms with Gasteiger partial charge in [0.05, 0.1) is 26.7 Å². The number of amides is 1. The van der Waals surface area contributed by atoms with Crippen LogP contribution in [0.2, 0.25) is 0 Å². The number of β-lactam (4-membered cyclic amide) rings is 1. The normalized spacial score (nSPS) is 19.6. The lowest BCUT2D eigenvalue weighted by Crippen LogP contribution is -2.63. The van der Waals surface area contributed by atoms with Crippen LogP contribution in [0.5, 0.6) is 11.5 Å². The van der Waals surface area contributed by atoms with Crippen LogP contribution in [0.15, 0.2) is 18.2 Å². The summed E-state index contributed by atoms with van der Waals surface area (Å²) < 4.78 is 10.5. The van der Waals surface area contributed by atoms with Crippen LogP contribution in [0.1, 0.15) is 18.9 Å². The van der Waals surface area contributed by atoms with Gasteiger partial charge in [-0.2, -0.15) is 4.79 Å². The minimum atomic E-state index is -0.602. The van der Waals surface area contributed by atoms with E-state index < -0.39 is 6.04 Å². The van der Waals surface area contributed by atoms with Gasteiger partial charge in [-0.05, 0) is 18.6 Å². The summed E-state index contributed by atoms with van der Waals surface area (Å²) in [6, 6.07) is 4.69. The molecule has 1 aliphatic heterocycles. The molecule has 1 aliphatic rings. The fraction of sp³-hybridized carbons (Fsp3) is 0.438. The fourth-order valence-electron chi connectivity index (χ4n) is 2.85. The van der Waals surface area contributed by atoms with Crippen molar-refractivity contribution in [3.8, 4) is 11.5 Å². The van der Waals surface area contributed by atoms with E-state index in [0.717, 1.165) is 11.8 Å². The summed E-state index contributed by atoms with van der Waals surface area (Å²) in [6.07, 6.45) is 1.41. The lowest BCUT2D eigenvalue weighted by molar-refractivity contribution is -0.162. The van der Waals surface area contributed by atoms with Crippen LogP contribution >= 0.6 is 0 Å².